The van der Waals surface area contributed by atoms with Crippen LogP contribution in [0.1, 0.15) is 10.4 Å². The zero-order valence-electron chi connectivity index (χ0n) is 15.1. The van der Waals surface area contributed by atoms with Gasteiger partial charge in [0.05, 0.1) is 34.4 Å². The molecule has 0 saturated carbocycles. The summed E-state index contributed by atoms with van der Waals surface area (Å²) in [5.41, 5.74) is 7.14. The Morgan fingerprint density at radius 2 is 1.86 bits per heavy atom. The molecule has 29 heavy (non-hydrogen) atoms. The van der Waals surface area contributed by atoms with Gasteiger partial charge >= 0.3 is 0 Å². The number of carbonyl (C=O) groups is 1. The Balaban J connectivity index is 1.57. The number of fused-ring (bicyclic) bond motifs is 1. The van der Waals surface area contributed by atoms with Crippen LogP contribution < -0.4 is 15.6 Å². The molecule has 0 aliphatic heterocycles. The molecule has 0 aliphatic carbocycles. The monoisotopic (exact) mass is 428 g/mol. The van der Waals surface area contributed by atoms with Gasteiger partial charge in [-0.3, -0.25) is 15.6 Å². The zero-order valence-corrected chi connectivity index (χ0v) is 16.6. The van der Waals surface area contributed by atoms with Crippen molar-refractivity contribution < 1.29 is 9.53 Å². The highest BCUT2D eigenvalue weighted by Crippen LogP contribution is 2.27. The molecule has 4 aromatic rings. The molecule has 0 fully saturated rings. The van der Waals surface area contributed by atoms with Gasteiger partial charge in [-0.05, 0) is 42.5 Å². The largest absolute Gasteiger partial charge is 0.497 e. The van der Waals surface area contributed by atoms with Gasteiger partial charge in [0, 0.05) is 5.56 Å². The molecule has 146 valence electrons. The van der Waals surface area contributed by atoms with Crippen molar-refractivity contribution in [2.45, 2.75) is 0 Å². The van der Waals surface area contributed by atoms with Gasteiger partial charge in [-0.25, -0.2) is 14.6 Å². The van der Waals surface area contributed by atoms with E-state index in [0.717, 1.165) is 0 Å². The Hall–Kier alpha value is -3.36. The summed E-state index contributed by atoms with van der Waals surface area (Å²) < 4.78 is 6.70. The van der Waals surface area contributed by atoms with Crippen LogP contribution in [0, 0.1) is 0 Å². The van der Waals surface area contributed by atoms with Crippen molar-refractivity contribution in [2.24, 2.45) is 0 Å². The Bertz CT molecular complexity index is 1190. The zero-order chi connectivity index (χ0) is 20.4. The quantitative estimate of drug-likeness (QED) is 0.468. The number of nitrogens with zero attached hydrogens (tertiary/aromatic N) is 4. The smallest absolute Gasteiger partial charge is 0.269 e. The third kappa shape index (κ3) is 3.80. The second kappa shape index (κ2) is 7.94. The number of hydrazine groups is 1. The molecule has 2 N–H and O–H groups in total. The number of halogens is 2. The summed E-state index contributed by atoms with van der Waals surface area (Å²) in [6.07, 6.45) is 2.97. The number of hydrogen-bond donors (Lipinski definition) is 2. The number of rotatable bonds is 5. The van der Waals surface area contributed by atoms with E-state index < -0.39 is 0 Å². The van der Waals surface area contributed by atoms with Crippen molar-refractivity contribution in [2.75, 3.05) is 12.5 Å². The predicted molar refractivity (Wildman–Crippen MR) is 111 cm³/mol. The van der Waals surface area contributed by atoms with Crippen LogP contribution in [0.15, 0.2) is 55.0 Å². The van der Waals surface area contributed by atoms with Crippen LogP contribution in [0.4, 0.5) is 5.82 Å². The van der Waals surface area contributed by atoms with Crippen LogP contribution in [0.2, 0.25) is 10.0 Å². The number of hydrogen-bond acceptors (Lipinski definition) is 6. The number of ether oxygens (including phenoxy) is 1. The maximum Gasteiger partial charge on any atom is 0.269 e. The number of benzene rings is 2. The van der Waals surface area contributed by atoms with Crippen LogP contribution in [0.25, 0.3) is 16.7 Å². The van der Waals surface area contributed by atoms with E-state index in [2.05, 4.69) is 25.9 Å². The first kappa shape index (κ1) is 19.0. The highest BCUT2D eigenvalue weighted by Gasteiger charge is 2.13. The molecule has 4 rings (SSSR count). The van der Waals surface area contributed by atoms with Crippen molar-refractivity contribution in [3.05, 3.63) is 70.6 Å². The van der Waals surface area contributed by atoms with Crippen LogP contribution >= 0.6 is 23.2 Å². The van der Waals surface area contributed by atoms with E-state index in [-0.39, 0.29) is 5.91 Å². The molecular weight excluding hydrogens is 415 g/mol. The molecule has 0 bridgehead atoms. The minimum atomic E-state index is -0.323. The third-order valence-corrected chi connectivity index (χ3v) is 4.90. The molecule has 0 unspecified atom stereocenters. The summed E-state index contributed by atoms with van der Waals surface area (Å²) in [4.78, 5) is 20.8. The lowest BCUT2D eigenvalue weighted by Crippen LogP contribution is -2.29. The van der Waals surface area contributed by atoms with Crippen LogP contribution in [-0.4, -0.2) is 32.8 Å². The second-order valence-corrected chi connectivity index (χ2v) is 6.74. The van der Waals surface area contributed by atoms with Gasteiger partial charge in [0.15, 0.2) is 11.5 Å². The number of aromatic nitrogens is 4. The molecule has 0 saturated heterocycles. The summed E-state index contributed by atoms with van der Waals surface area (Å²) in [5.74, 6) is 0.751. The van der Waals surface area contributed by atoms with E-state index in [0.29, 0.717) is 43.9 Å². The topological polar surface area (TPSA) is 94.0 Å². The Labute approximate surface area is 175 Å². The van der Waals surface area contributed by atoms with Crippen molar-refractivity contribution in [3.63, 3.8) is 0 Å². The van der Waals surface area contributed by atoms with Gasteiger partial charge in [-0.15, -0.1) is 0 Å². The maximum absolute atomic E-state index is 12.3. The van der Waals surface area contributed by atoms with Gasteiger partial charge in [0.1, 0.15) is 12.1 Å². The predicted octanol–water partition coefficient (Wildman–Crippen LogP) is 3.89. The number of methoxy groups -OCH3 is 1. The van der Waals surface area contributed by atoms with E-state index in [4.69, 9.17) is 27.9 Å². The fraction of sp³-hybridized carbons (Fsp3) is 0.0526. The summed E-state index contributed by atoms with van der Waals surface area (Å²) >= 11 is 12.1. The highest BCUT2D eigenvalue weighted by molar-refractivity contribution is 6.42. The maximum atomic E-state index is 12.3. The van der Waals surface area contributed by atoms with E-state index in [1.807, 2.05) is 0 Å². The van der Waals surface area contributed by atoms with Crippen molar-refractivity contribution in [1.82, 2.24) is 25.2 Å². The van der Waals surface area contributed by atoms with Crippen LogP contribution in [0.5, 0.6) is 5.75 Å². The summed E-state index contributed by atoms with van der Waals surface area (Å²) in [7, 11) is 1.56. The second-order valence-electron chi connectivity index (χ2n) is 5.92. The number of nitrogens with one attached hydrogen (secondary N) is 2. The molecule has 0 spiro atoms. The first-order chi connectivity index (χ1) is 14.1. The van der Waals surface area contributed by atoms with E-state index in [1.54, 1.807) is 60.5 Å². The molecule has 0 atom stereocenters. The number of amides is 1. The Morgan fingerprint density at radius 3 is 2.59 bits per heavy atom. The van der Waals surface area contributed by atoms with E-state index in [1.165, 1.54) is 6.33 Å². The molecule has 2 aromatic carbocycles. The van der Waals surface area contributed by atoms with Gasteiger partial charge < -0.3 is 4.74 Å². The summed E-state index contributed by atoms with van der Waals surface area (Å²) in [5, 5.41) is 5.82. The van der Waals surface area contributed by atoms with Crippen molar-refractivity contribution in [1.29, 1.82) is 0 Å². The summed E-state index contributed by atoms with van der Waals surface area (Å²) in [6.45, 7) is 0. The standard InChI is InChI=1S/C19H14Cl2N6O2/c1-29-13-5-2-11(3-6-13)19(28)26-25-17-14-9-24-27(18(14)23-10-22-17)12-4-7-15(20)16(21)8-12/h2-10H,1H3,(H,26,28)(H,22,23,25). The molecule has 2 heterocycles. The lowest BCUT2D eigenvalue weighted by atomic mass is 10.2. The first-order valence-corrected chi connectivity index (χ1v) is 9.17. The minimum absolute atomic E-state index is 0.323. The Morgan fingerprint density at radius 1 is 1.07 bits per heavy atom. The third-order valence-electron chi connectivity index (χ3n) is 4.16. The van der Waals surface area contributed by atoms with Crippen LogP contribution in [-0.2, 0) is 0 Å². The minimum Gasteiger partial charge on any atom is -0.497 e. The van der Waals surface area contributed by atoms with Gasteiger partial charge in [-0.1, -0.05) is 23.2 Å². The van der Waals surface area contributed by atoms with E-state index in [9.17, 15) is 4.79 Å². The number of carbonyl (C=O) groups excluding carboxylic acids is 1. The molecule has 0 radical (unpaired) electrons. The van der Waals surface area contributed by atoms with Crippen LogP contribution in [0.3, 0.4) is 0 Å². The molecule has 0 aliphatic rings. The van der Waals surface area contributed by atoms with E-state index >= 15 is 0 Å². The van der Waals surface area contributed by atoms with Gasteiger partial charge in [-0.2, -0.15) is 5.10 Å². The summed E-state index contributed by atoms with van der Waals surface area (Å²) in [6, 6.07) is 11.9. The molecule has 2 aromatic heterocycles. The molecule has 1 amide bonds. The van der Waals surface area contributed by atoms with Gasteiger partial charge in [0.2, 0.25) is 0 Å². The fourth-order valence-electron chi connectivity index (χ4n) is 2.68. The normalized spacial score (nSPS) is 10.7. The first-order valence-electron chi connectivity index (χ1n) is 8.41. The lowest BCUT2D eigenvalue weighted by molar-refractivity contribution is 0.0962. The SMILES string of the molecule is COc1ccc(C(=O)NNc2ncnc3c2cnn3-c2ccc(Cl)c(Cl)c2)cc1. The van der Waals surface area contributed by atoms with Gasteiger partial charge in [0.25, 0.3) is 5.91 Å². The lowest BCUT2D eigenvalue weighted by Gasteiger charge is -2.09. The van der Waals surface area contributed by atoms with Crippen molar-refractivity contribution >= 4 is 46.0 Å². The molecule has 8 nitrogen and oxygen atoms in total. The van der Waals surface area contributed by atoms with Crippen molar-refractivity contribution in [3.8, 4) is 11.4 Å². The molecular formula is C19H14Cl2N6O2. The molecule has 10 heteroatoms. The number of anilines is 1. The fourth-order valence-corrected chi connectivity index (χ4v) is 2.97. The highest BCUT2D eigenvalue weighted by atomic mass is 35.5. The average molecular weight is 429 g/mol. The average Bonchev–Trinajstić information content (AvgIpc) is 3.19. The Kier molecular flexibility index (Phi) is 5.20.